The van der Waals surface area contributed by atoms with Crippen LogP contribution in [0.5, 0.6) is 11.5 Å². The first kappa shape index (κ1) is 19.8. The molecule has 0 radical (unpaired) electrons. The molecule has 4 aromatic rings. The van der Waals surface area contributed by atoms with E-state index in [-0.39, 0.29) is 0 Å². The zero-order valence-corrected chi connectivity index (χ0v) is 18.1. The van der Waals surface area contributed by atoms with Gasteiger partial charge < -0.3 is 19.1 Å². The average Bonchev–Trinajstić information content (AvgIpc) is 2.82. The lowest BCUT2D eigenvalue weighted by Gasteiger charge is -2.29. The lowest BCUT2D eigenvalue weighted by atomic mass is 10.0. The molecule has 0 atom stereocenters. The highest BCUT2D eigenvalue weighted by atomic mass is 35.5. The highest BCUT2D eigenvalue weighted by Crippen LogP contribution is 2.38. The number of methoxy groups -OCH3 is 2. The predicted molar refractivity (Wildman–Crippen MR) is 124 cm³/mol. The normalized spacial score (nSPS) is 14.2. The number of anilines is 1. The first-order valence-electron chi connectivity index (χ1n) is 10.1. The van der Waals surface area contributed by atoms with E-state index >= 15 is 0 Å². The summed E-state index contributed by atoms with van der Waals surface area (Å²) in [5, 5.41) is 2.52. The van der Waals surface area contributed by atoms with E-state index in [0.29, 0.717) is 35.4 Å². The second-order valence-corrected chi connectivity index (χ2v) is 7.81. The molecule has 7 heteroatoms. The molecule has 5 rings (SSSR count). The van der Waals surface area contributed by atoms with Gasteiger partial charge >= 0.3 is 0 Å². The molecule has 2 aromatic carbocycles. The Bertz CT molecular complexity index is 1250. The van der Waals surface area contributed by atoms with Gasteiger partial charge in [0.15, 0.2) is 17.1 Å². The molecular formula is C24H22ClN3O3. The lowest BCUT2D eigenvalue weighted by molar-refractivity contribution is 0.122. The minimum atomic E-state index is 0.666. The van der Waals surface area contributed by atoms with Crippen LogP contribution in [0.1, 0.15) is 0 Å². The number of pyridine rings is 2. The van der Waals surface area contributed by atoms with E-state index in [9.17, 15) is 0 Å². The molecule has 1 aliphatic rings. The summed E-state index contributed by atoms with van der Waals surface area (Å²) in [4.78, 5) is 12.1. The summed E-state index contributed by atoms with van der Waals surface area (Å²) in [7, 11) is 3.27. The van der Waals surface area contributed by atoms with Crippen molar-refractivity contribution in [3.05, 3.63) is 53.6 Å². The number of nitrogens with zero attached hydrogens (tertiary/aromatic N) is 3. The van der Waals surface area contributed by atoms with Gasteiger partial charge in [-0.15, -0.1) is 0 Å². The van der Waals surface area contributed by atoms with E-state index in [1.807, 2.05) is 36.4 Å². The van der Waals surface area contributed by atoms with Crippen LogP contribution in [0.15, 0.2) is 48.5 Å². The zero-order chi connectivity index (χ0) is 21.4. The molecule has 1 saturated heterocycles. The molecule has 2 aromatic heterocycles. The summed E-state index contributed by atoms with van der Waals surface area (Å²) in [5.74, 6) is 2.25. The van der Waals surface area contributed by atoms with Crippen LogP contribution in [-0.4, -0.2) is 50.5 Å². The number of halogens is 1. The fraction of sp³-hybridized carbons (Fsp3) is 0.250. The maximum atomic E-state index is 6.13. The second-order valence-electron chi connectivity index (χ2n) is 7.37. The molecule has 3 heterocycles. The third-order valence-corrected chi connectivity index (χ3v) is 5.82. The molecule has 1 aliphatic heterocycles. The van der Waals surface area contributed by atoms with Gasteiger partial charge in [0, 0.05) is 34.4 Å². The van der Waals surface area contributed by atoms with Crippen molar-refractivity contribution in [2.75, 3.05) is 45.4 Å². The number of fused-ring (bicyclic) bond motifs is 2. The van der Waals surface area contributed by atoms with E-state index in [1.165, 1.54) is 0 Å². The molecular weight excluding hydrogens is 414 g/mol. The molecule has 0 spiro atoms. The summed E-state index contributed by atoms with van der Waals surface area (Å²) in [6.07, 6.45) is 0. The third-order valence-electron chi connectivity index (χ3n) is 5.56. The zero-order valence-electron chi connectivity index (χ0n) is 17.4. The van der Waals surface area contributed by atoms with E-state index in [2.05, 4.69) is 17.0 Å². The van der Waals surface area contributed by atoms with Crippen molar-refractivity contribution in [1.82, 2.24) is 9.97 Å². The van der Waals surface area contributed by atoms with E-state index in [0.717, 1.165) is 46.3 Å². The van der Waals surface area contributed by atoms with Crippen molar-refractivity contribution >= 4 is 39.4 Å². The van der Waals surface area contributed by atoms with Gasteiger partial charge in [0.1, 0.15) is 5.82 Å². The molecule has 1 fully saturated rings. The molecule has 0 saturated carbocycles. The van der Waals surface area contributed by atoms with Crippen molar-refractivity contribution in [3.8, 4) is 22.6 Å². The summed E-state index contributed by atoms with van der Waals surface area (Å²) in [6.45, 7) is 2.94. The molecule has 0 N–H and O–H groups in total. The lowest BCUT2D eigenvalue weighted by Crippen LogP contribution is -2.37. The van der Waals surface area contributed by atoms with E-state index in [1.54, 1.807) is 14.2 Å². The van der Waals surface area contributed by atoms with Crippen molar-refractivity contribution < 1.29 is 14.2 Å². The SMILES string of the molecule is COc1ccc2nc3nc(N4CCOCC4)c(-c4ccc(Cl)cc4)cc3cc2c1OC. The topological polar surface area (TPSA) is 56.7 Å². The van der Waals surface area contributed by atoms with Gasteiger partial charge in [0.25, 0.3) is 0 Å². The smallest absolute Gasteiger partial charge is 0.170 e. The van der Waals surface area contributed by atoms with Crippen LogP contribution in [0.4, 0.5) is 5.82 Å². The Morgan fingerprint density at radius 1 is 0.935 bits per heavy atom. The molecule has 0 amide bonds. The van der Waals surface area contributed by atoms with Crippen molar-refractivity contribution in [1.29, 1.82) is 0 Å². The van der Waals surface area contributed by atoms with Gasteiger partial charge in [-0.2, -0.15) is 0 Å². The number of benzene rings is 2. The Morgan fingerprint density at radius 3 is 2.42 bits per heavy atom. The van der Waals surface area contributed by atoms with Gasteiger partial charge in [0.2, 0.25) is 0 Å². The molecule has 0 unspecified atom stereocenters. The van der Waals surface area contributed by atoms with Crippen molar-refractivity contribution in [3.63, 3.8) is 0 Å². The molecule has 158 valence electrons. The fourth-order valence-corrected chi connectivity index (χ4v) is 4.14. The largest absolute Gasteiger partial charge is 0.493 e. The van der Waals surface area contributed by atoms with Crippen LogP contribution in [0.25, 0.3) is 33.1 Å². The second kappa shape index (κ2) is 8.21. The van der Waals surface area contributed by atoms with Crippen LogP contribution in [0.2, 0.25) is 5.02 Å². The minimum Gasteiger partial charge on any atom is -0.493 e. The van der Waals surface area contributed by atoms with E-state index < -0.39 is 0 Å². The highest BCUT2D eigenvalue weighted by molar-refractivity contribution is 6.30. The van der Waals surface area contributed by atoms with Gasteiger partial charge in [-0.1, -0.05) is 23.7 Å². The number of ether oxygens (including phenoxy) is 3. The summed E-state index contributed by atoms with van der Waals surface area (Å²) >= 11 is 6.13. The number of morpholine rings is 1. The van der Waals surface area contributed by atoms with Crippen LogP contribution in [-0.2, 0) is 4.74 Å². The number of rotatable bonds is 4. The van der Waals surface area contributed by atoms with Gasteiger partial charge in [-0.25, -0.2) is 9.97 Å². The van der Waals surface area contributed by atoms with E-state index in [4.69, 9.17) is 35.8 Å². The number of hydrogen-bond acceptors (Lipinski definition) is 6. The van der Waals surface area contributed by atoms with Crippen LogP contribution < -0.4 is 14.4 Å². The maximum Gasteiger partial charge on any atom is 0.170 e. The van der Waals surface area contributed by atoms with Crippen molar-refractivity contribution in [2.24, 2.45) is 0 Å². The highest BCUT2D eigenvalue weighted by Gasteiger charge is 2.20. The minimum absolute atomic E-state index is 0.666. The van der Waals surface area contributed by atoms with Gasteiger partial charge in [-0.3, -0.25) is 0 Å². The predicted octanol–water partition coefficient (Wildman–Crippen LogP) is 4.96. The third kappa shape index (κ3) is 3.62. The average molecular weight is 436 g/mol. The summed E-state index contributed by atoms with van der Waals surface area (Å²) < 4.78 is 16.6. The monoisotopic (exact) mass is 435 g/mol. The van der Waals surface area contributed by atoms with Gasteiger partial charge in [0.05, 0.1) is 33.0 Å². The fourth-order valence-electron chi connectivity index (χ4n) is 4.01. The molecule has 6 nitrogen and oxygen atoms in total. The Kier molecular flexibility index (Phi) is 5.26. The number of aromatic nitrogens is 2. The Morgan fingerprint density at radius 2 is 1.71 bits per heavy atom. The van der Waals surface area contributed by atoms with Crippen LogP contribution in [0.3, 0.4) is 0 Å². The first-order valence-corrected chi connectivity index (χ1v) is 10.5. The Hall–Kier alpha value is -3.09. The summed E-state index contributed by atoms with van der Waals surface area (Å²) in [5.41, 5.74) is 3.59. The first-order chi connectivity index (χ1) is 15.2. The molecule has 0 bridgehead atoms. The molecule has 31 heavy (non-hydrogen) atoms. The van der Waals surface area contributed by atoms with Crippen LogP contribution >= 0.6 is 11.6 Å². The Labute approximate surface area is 185 Å². The van der Waals surface area contributed by atoms with Crippen LogP contribution in [0, 0.1) is 0 Å². The summed E-state index contributed by atoms with van der Waals surface area (Å²) in [6, 6.07) is 15.8. The standard InChI is InChI=1S/C24H22ClN3O3/c1-29-21-8-7-20-19(22(21)30-2)14-16-13-18(15-3-5-17(25)6-4-15)24(27-23(16)26-20)28-9-11-31-12-10-28/h3-8,13-14H,9-12H2,1-2H3. The quantitative estimate of drug-likeness (QED) is 0.422. The molecule has 0 aliphatic carbocycles. The van der Waals surface area contributed by atoms with Crippen molar-refractivity contribution in [2.45, 2.75) is 0 Å². The van der Waals surface area contributed by atoms with Gasteiger partial charge in [-0.05, 0) is 42.0 Å². The number of hydrogen-bond donors (Lipinski definition) is 0. The maximum absolute atomic E-state index is 6.13. The Balaban J connectivity index is 1.76.